The van der Waals surface area contributed by atoms with Crippen molar-refractivity contribution in [3.05, 3.63) is 45.9 Å². The molecule has 8 nitrogen and oxygen atoms in total. The number of hydrogen-bond acceptors (Lipinski definition) is 6. The summed E-state index contributed by atoms with van der Waals surface area (Å²) in [6, 6.07) is 4.87. The highest BCUT2D eigenvalue weighted by molar-refractivity contribution is 7.98. The van der Waals surface area contributed by atoms with Crippen molar-refractivity contribution in [2.24, 2.45) is 0 Å². The number of nitrogens with two attached hydrogens (primary N) is 1. The molecule has 0 atom stereocenters. The van der Waals surface area contributed by atoms with Crippen molar-refractivity contribution in [3.63, 3.8) is 0 Å². The van der Waals surface area contributed by atoms with Gasteiger partial charge in [0.05, 0.1) is 22.3 Å². The van der Waals surface area contributed by atoms with E-state index in [9.17, 15) is 18.0 Å². The fourth-order valence-electron chi connectivity index (χ4n) is 2.98. The van der Waals surface area contributed by atoms with Crippen LogP contribution in [0.5, 0.6) is 0 Å². The van der Waals surface area contributed by atoms with E-state index in [4.69, 9.17) is 5.73 Å². The minimum Gasteiger partial charge on any atom is -0.368 e. The van der Waals surface area contributed by atoms with Gasteiger partial charge in [-0.1, -0.05) is 18.7 Å². The molecule has 0 aliphatic heterocycles. The van der Waals surface area contributed by atoms with Crippen LogP contribution in [0.4, 0.5) is 19.1 Å². The molecule has 12 heteroatoms. The van der Waals surface area contributed by atoms with Gasteiger partial charge in [-0.2, -0.15) is 22.7 Å². The van der Waals surface area contributed by atoms with Crippen molar-refractivity contribution in [3.8, 4) is 0 Å². The number of aromatic nitrogens is 6. The fourth-order valence-corrected chi connectivity index (χ4v) is 3.92. The molecule has 0 saturated heterocycles. The maximum atomic E-state index is 13.1. The van der Waals surface area contributed by atoms with E-state index in [0.29, 0.717) is 34.2 Å². The second-order valence-electron chi connectivity index (χ2n) is 6.37. The molecular formula is C17H16F3N7OS. The summed E-state index contributed by atoms with van der Waals surface area (Å²) in [6.07, 6.45) is -3.69. The Morgan fingerprint density at radius 1 is 1.21 bits per heavy atom. The third-order valence-electron chi connectivity index (χ3n) is 4.24. The van der Waals surface area contributed by atoms with Gasteiger partial charge in [0.1, 0.15) is 0 Å². The van der Waals surface area contributed by atoms with Crippen LogP contribution in [0.2, 0.25) is 0 Å². The number of hydrogen-bond donors (Lipinski definition) is 2. The van der Waals surface area contributed by atoms with Gasteiger partial charge in [-0.05, 0) is 24.6 Å². The van der Waals surface area contributed by atoms with E-state index in [0.717, 1.165) is 23.1 Å². The minimum atomic E-state index is -4.42. The monoisotopic (exact) mass is 423 g/mol. The molecule has 152 valence electrons. The average molecular weight is 423 g/mol. The summed E-state index contributed by atoms with van der Waals surface area (Å²) >= 11 is 1.29. The number of aromatic amines is 1. The van der Waals surface area contributed by atoms with Crippen LogP contribution in [0.25, 0.3) is 16.8 Å². The lowest BCUT2D eigenvalue weighted by Crippen LogP contribution is -2.15. The number of H-pyrrole nitrogens is 1. The van der Waals surface area contributed by atoms with E-state index >= 15 is 0 Å². The number of fused-ring (bicyclic) bond motifs is 2. The number of halogens is 3. The number of aryl methyl sites for hydroxylation is 1. The van der Waals surface area contributed by atoms with Crippen LogP contribution in [-0.4, -0.2) is 29.1 Å². The molecule has 1 aromatic carbocycles. The molecule has 0 radical (unpaired) electrons. The largest absolute Gasteiger partial charge is 0.416 e. The smallest absolute Gasteiger partial charge is 0.368 e. The van der Waals surface area contributed by atoms with Gasteiger partial charge in [0.25, 0.3) is 11.3 Å². The Hall–Kier alpha value is -3.02. The number of alkyl halides is 3. The Morgan fingerprint density at radius 2 is 2.00 bits per heavy atom. The Bertz CT molecular complexity index is 1260. The number of nitrogen functional groups attached to an aromatic ring is 1. The van der Waals surface area contributed by atoms with E-state index < -0.39 is 11.7 Å². The normalized spacial score (nSPS) is 12.3. The van der Waals surface area contributed by atoms with Crippen LogP contribution >= 0.6 is 11.8 Å². The van der Waals surface area contributed by atoms with Crippen molar-refractivity contribution < 1.29 is 13.2 Å². The molecule has 29 heavy (non-hydrogen) atoms. The molecule has 0 unspecified atom stereocenters. The van der Waals surface area contributed by atoms with Crippen molar-refractivity contribution in [2.75, 3.05) is 5.73 Å². The van der Waals surface area contributed by atoms with Crippen molar-refractivity contribution in [1.29, 1.82) is 0 Å². The van der Waals surface area contributed by atoms with Crippen molar-refractivity contribution in [1.82, 2.24) is 29.1 Å². The number of nitrogens with one attached hydrogen (secondary N) is 1. The van der Waals surface area contributed by atoms with Crippen LogP contribution in [0, 0.1) is 0 Å². The molecule has 3 aromatic heterocycles. The number of rotatable bonds is 5. The predicted molar refractivity (Wildman–Crippen MR) is 103 cm³/mol. The Kier molecular flexibility index (Phi) is 4.73. The van der Waals surface area contributed by atoms with E-state index in [1.54, 1.807) is 4.57 Å². The van der Waals surface area contributed by atoms with Gasteiger partial charge >= 0.3 is 6.18 Å². The van der Waals surface area contributed by atoms with Gasteiger partial charge in [0, 0.05) is 18.4 Å². The Balaban J connectivity index is 1.68. The zero-order valence-electron chi connectivity index (χ0n) is 15.2. The van der Waals surface area contributed by atoms with E-state index in [2.05, 4.69) is 20.1 Å². The maximum Gasteiger partial charge on any atom is 0.416 e. The van der Waals surface area contributed by atoms with Crippen LogP contribution in [0.3, 0.4) is 0 Å². The standard InChI is InChI=1S/C17H16F3N7OS/c1-2-5-26-12-6-9(17(18,19)20)3-4-11(12)23-16(26)29-8-10-7-13(28)27-15(22-10)24-14(21)25-27/h3-4,6-7H,2,5,8H2,1H3,(H3,21,22,24,25). The van der Waals surface area contributed by atoms with Crippen LogP contribution in [-0.2, 0) is 18.5 Å². The average Bonchev–Trinajstić information content (AvgIpc) is 3.19. The molecule has 0 bridgehead atoms. The lowest BCUT2D eigenvalue weighted by atomic mass is 10.2. The summed E-state index contributed by atoms with van der Waals surface area (Å²) in [4.78, 5) is 24.8. The molecule has 0 aliphatic carbocycles. The van der Waals surface area contributed by atoms with Crippen LogP contribution in [0.15, 0.2) is 34.2 Å². The number of anilines is 1. The highest BCUT2D eigenvalue weighted by atomic mass is 32.2. The quantitative estimate of drug-likeness (QED) is 0.478. The first kappa shape index (κ1) is 19.3. The second kappa shape index (κ2) is 7.10. The maximum absolute atomic E-state index is 13.1. The number of imidazole rings is 1. The highest BCUT2D eigenvalue weighted by Gasteiger charge is 2.31. The molecular weight excluding hydrogens is 407 g/mol. The van der Waals surface area contributed by atoms with Gasteiger partial charge in [0.2, 0.25) is 5.95 Å². The minimum absolute atomic E-state index is 0.0737. The summed E-state index contributed by atoms with van der Waals surface area (Å²) in [5, 5.41) is 3.14. The van der Waals surface area contributed by atoms with Gasteiger partial charge in [-0.3, -0.25) is 9.89 Å². The highest BCUT2D eigenvalue weighted by Crippen LogP contribution is 2.33. The summed E-state index contributed by atoms with van der Waals surface area (Å²) in [7, 11) is 0. The SMILES string of the molecule is CCCn1c(SCc2cc(=O)n3[nH]c(N)nc3n2)nc2ccc(C(F)(F)F)cc21. The topological polar surface area (TPSA) is 107 Å². The molecule has 4 rings (SSSR count). The number of thioether (sulfide) groups is 1. The molecule has 4 aromatic rings. The second-order valence-corrected chi connectivity index (χ2v) is 7.31. The van der Waals surface area contributed by atoms with Crippen LogP contribution < -0.4 is 11.3 Å². The van der Waals surface area contributed by atoms with Crippen molar-refractivity contribution >= 4 is 34.5 Å². The first-order valence-electron chi connectivity index (χ1n) is 8.70. The molecule has 0 saturated carbocycles. The third kappa shape index (κ3) is 3.67. The summed E-state index contributed by atoms with van der Waals surface area (Å²) < 4.78 is 42.1. The van der Waals surface area contributed by atoms with Gasteiger partial charge in [-0.15, -0.1) is 0 Å². The number of nitrogens with zero attached hydrogens (tertiary/aromatic N) is 5. The van der Waals surface area contributed by atoms with Gasteiger partial charge in [0.15, 0.2) is 5.16 Å². The van der Waals surface area contributed by atoms with Crippen molar-refractivity contribution in [2.45, 2.75) is 37.0 Å². The summed E-state index contributed by atoms with van der Waals surface area (Å²) in [5.74, 6) is 0.532. The molecule has 0 aliphatic rings. The first-order valence-corrected chi connectivity index (χ1v) is 9.69. The molecule has 0 amide bonds. The summed E-state index contributed by atoms with van der Waals surface area (Å²) in [6.45, 7) is 2.46. The van der Waals surface area contributed by atoms with E-state index in [-0.39, 0.29) is 17.3 Å². The van der Waals surface area contributed by atoms with Gasteiger partial charge in [-0.25, -0.2) is 9.97 Å². The van der Waals surface area contributed by atoms with Gasteiger partial charge < -0.3 is 10.3 Å². The molecule has 0 fully saturated rings. The predicted octanol–water partition coefficient (Wildman–Crippen LogP) is 3.07. The Labute approximate surface area is 166 Å². The number of benzene rings is 1. The lowest BCUT2D eigenvalue weighted by Gasteiger charge is -2.09. The van der Waals surface area contributed by atoms with E-state index in [1.807, 2.05) is 6.92 Å². The zero-order chi connectivity index (χ0) is 20.8. The fraction of sp³-hybridized carbons (Fsp3) is 0.294. The summed E-state index contributed by atoms with van der Waals surface area (Å²) in [5.41, 5.74) is 5.86. The van der Waals surface area contributed by atoms with E-state index in [1.165, 1.54) is 23.9 Å². The molecule has 0 spiro atoms. The zero-order valence-corrected chi connectivity index (χ0v) is 16.0. The molecule has 3 heterocycles. The Morgan fingerprint density at radius 3 is 2.72 bits per heavy atom. The van der Waals surface area contributed by atoms with Crippen LogP contribution in [0.1, 0.15) is 24.6 Å². The molecule has 3 N–H and O–H groups in total. The first-order chi connectivity index (χ1) is 13.8. The lowest BCUT2D eigenvalue weighted by molar-refractivity contribution is -0.137. The third-order valence-corrected chi connectivity index (χ3v) is 5.25.